The molecule has 20 heavy (non-hydrogen) atoms. The van der Waals surface area contributed by atoms with E-state index in [4.69, 9.17) is 11.6 Å². The predicted molar refractivity (Wildman–Crippen MR) is 86.3 cm³/mol. The zero-order valence-corrected chi connectivity index (χ0v) is 13.4. The molecule has 0 radical (unpaired) electrons. The van der Waals surface area contributed by atoms with Crippen molar-refractivity contribution in [3.63, 3.8) is 0 Å². The minimum absolute atomic E-state index is 0.678. The van der Waals surface area contributed by atoms with E-state index >= 15 is 0 Å². The molecule has 3 nitrogen and oxygen atoms in total. The van der Waals surface area contributed by atoms with Crippen LogP contribution in [0.5, 0.6) is 0 Å². The molecular formula is C16H26ClN3. The van der Waals surface area contributed by atoms with E-state index in [0.29, 0.717) is 6.04 Å². The topological polar surface area (TPSA) is 18.5 Å². The van der Waals surface area contributed by atoms with Gasteiger partial charge in [0.2, 0.25) is 0 Å². The van der Waals surface area contributed by atoms with Crippen molar-refractivity contribution in [1.82, 2.24) is 15.1 Å². The van der Waals surface area contributed by atoms with Crippen LogP contribution in [0, 0.1) is 0 Å². The maximum Gasteiger partial charge on any atom is 0.0406 e. The fraction of sp³-hybridized carbons (Fsp3) is 0.625. The second kappa shape index (κ2) is 7.99. The number of rotatable bonds is 6. The van der Waals surface area contributed by atoms with Crippen LogP contribution in [-0.4, -0.2) is 55.6 Å². The van der Waals surface area contributed by atoms with Crippen molar-refractivity contribution in [2.45, 2.75) is 25.9 Å². The minimum Gasteiger partial charge on any atom is -0.318 e. The van der Waals surface area contributed by atoms with E-state index in [0.717, 1.165) is 31.2 Å². The molecule has 0 amide bonds. The van der Waals surface area contributed by atoms with Gasteiger partial charge in [-0.3, -0.25) is 9.80 Å². The maximum atomic E-state index is 5.93. The Balaban J connectivity index is 1.80. The largest absolute Gasteiger partial charge is 0.318 e. The van der Waals surface area contributed by atoms with Crippen LogP contribution in [0.1, 0.15) is 18.9 Å². The summed E-state index contributed by atoms with van der Waals surface area (Å²) in [6.07, 6.45) is 1.22. The summed E-state index contributed by atoms with van der Waals surface area (Å²) in [7, 11) is 2.04. The van der Waals surface area contributed by atoms with Gasteiger partial charge < -0.3 is 5.32 Å². The highest BCUT2D eigenvalue weighted by atomic mass is 35.5. The lowest BCUT2D eigenvalue weighted by Crippen LogP contribution is -2.52. The molecule has 1 aromatic rings. The van der Waals surface area contributed by atoms with Crippen molar-refractivity contribution >= 4 is 11.6 Å². The van der Waals surface area contributed by atoms with Gasteiger partial charge in [-0.25, -0.2) is 0 Å². The van der Waals surface area contributed by atoms with Crippen LogP contribution < -0.4 is 5.32 Å². The molecule has 0 aliphatic carbocycles. The second-order valence-corrected chi connectivity index (χ2v) is 5.99. The third-order valence-corrected chi connectivity index (χ3v) is 4.41. The molecule has 1 aromatic carbocycles. The third-order valence-electron chi connectivity index (χ3n) is 4.15. The van der Waals surface area contributed by atoms with E-state index in [-0.39, 0.29) is 0 Å². The van der Waals surface area contributed by atoms with E-state index in [1.165, 1.54) is 25.1 Å². The van der Waals surface area contributed by atoms with Gasteiger partial charge in [-0.05, 0) is 31.2 Å². The highest BCUT2D eigenvalue weighted by Crippen LogP contribution is 2.14. The van der Waals surface area contributed by atoms with Crippen molar-refractivity contribution in [2.75, 3.05) is 39.8 Å². The van der Waals surface area contributed by atoms with Crippen LogP contribution >= 0.6 is 11.6 Å². The fourth-order valence-corrected chi connectivity index (χ4v) is 3.03. The first-order valence-corrected chi connectivity index (χ1v) is 7.96. The van der Waals surface area contributed by atoms with Crippen molar-refractivity contribution < 1.29 is 0 Å². The van der Waals surface area contributed by atoms with Crippen LogP contribution in [0.2, 0.25) is 5.02 Å². The van der Waals surface area contributed by atoms with Crippen molar-refractivity contribution in [3.05, 3.63) is 34.9 Å². The summed E-state index contributed by atoms with van der Waals surface area (Å²) >= 11 is 5.93. The molecule has 1 N–H and O–H groups in total. The number of likely N-dealkylation sites (N-methyl/N-ethyl adjacent to an activating group) is 1. The van der Waals surface area contributed by atoms with Crippen LogP contribution in [0.25, 0.3) is 0 Å². The number of benzene rings is 1. The van der Waals surface area contributed by atoms with Crippen LogP contribution in [0.4, 0.5) is 0 Å². The summed E-state index contributed by atoms with van der Waals surface area (Å²) in [6.45, 7) is 9.07. The zero-order valence-electron chi connectivity index (χ0n) is 12.6. The number of hydrogen-bond donors (Lipinski definition) is 1. The van der Waals surface area contributed by atoms with Crippen LogP contribution in [0.15, 0.2) is 24.3 Å². The highest BCUT2D eigenvalue weighted by molar-refractivity contribution is 6.30. The molecule has 0 spiro atoms. The van der Waals surface area contributed by atoms with E-state index in [1.54, 1.807) is 0 Å². The molecule has 2 rings (SSSR count). The Bertz CT molecular complexity index is 385. The number of nitrogens with zero attached hydrogens (tertiary/aromatic N) is 2. The summed E-state index contributed by atoms with van der Waals surface area (Å²) in [5.41, 5.74) is 1.35. The summed E-state index contributed by atoms with van der Waals surface area (Å²) in [5.74, 6) is 0. The Kier molecular flexibility index (Phi) is 6.30. The summed E-state index contributed by atoms with van der Waals surface area (Å²) in [5, 5.41) is 4.12. The first kappa shape index (κ1) is 15.8. The lowest BCUT2D eigenvalue weighted by Gasteiger charge is -2.39. The SMILES string of the molecule is CCC(CNC)N1CCN(Cc2ccc(Cl)cc2)CC1. The quantitative estimate of drug-likeness (QED) is 0.870. The number of piperazine rings is 1. The second-order valence-electron chi connectivity index (χ2n) is 5.56. The molecule has 0 aromatic heterocycles. The molecule has 1 unspecified atom stereocenters. The molecule has 1 heterocycles. The third kappa shape index (κ3) is 4.45. The number of halogens is 1. The van der Waals surface area contributed by atoms with Gasteiger partial charge in [0, 0.05) is 50.3 Å². The minimum atomic E-state index is 0.678. The number of hydrogen-bond acceptors (Lipinski definition) is 3. The molecule has 112 valence electrons. The van der Waals surface area contributed by atoms with Gasteiger partial charge in [-0.2, -0.15) is 0 Å². The Labute approximate surface area is 127 Å². The lowest BCUT2D eigenvalue weighted by atomic mass is 10.1. The molecule has 0 saturated carbocycles. The molecule has 4 heteroatoms. The smallest absolute Gasteiger partial charge is 0.0406 e. The van der Waals surface area contributed by atoms with E-state index in [9.17, 15) is 0 Å². The maximum absolute atomic E-state index is 5.93. The van der Waals surface area contributed by atoms with Crippen molar-refractivity contribution in [3.8, 4) is 0 Å². The van der Waals surface area contributed by atoms with Gasteiger partial charge in [-0.15, -0.1) is 0 Å². The van der Waals surface area contributed by atoms with E-state index in [2.05, 4.69) is 34.2 Å². The van der Waals surface area contributed by atoms with Crippen LogP contribution in [-0.2, 0) is 6.54 Å². The van der Waals surface area contributed by atoms with Gasteiger partial charge in [0.25, 0.3) is 0 Å². The van der Waals surface area contributed by atoms with Gasteiger partial charge >= 0.3 is 0 Å². The molecule has 1 atom stereocenters. The van der Waals surface area contributed by atoms with E-state index in [1.807, 2.05) is 19.2 Å². The summed E-state index contributed by atoms with van der Waals surface area (Å²) < 4.78 is 0. The Morgan fingerprint density at radius 3 is 2.35 bits per heavy atom. The Morgan fingerprint density at radius 1 is 1.15 bits per heavy atom. The first-order valence-electron chi connectivity index (χ1n) is 7.58. The summed E-state index contributed by atoms with van der Waals surface area (Å²) in [4.78, 5) is 5.15. The Morgan fingerprint density at radius 2 is 1.80 bits per heavy atom. The first-order chi connectivity index (χ1) is 9.72. The monoisotopic (exact) mass is 295 g/mol. The van der Waals surface area contributed by atoms with Gasteiger partial charge in [0.15, 0.2) is 0 Å². The molecule has 1 aliphatic heterocycles. The lowest BCUT2D eigenvalue weighted by molar-refractivity contribution is 0.0900. The van der Waals surface area contributed by atoms with E-state index < -0.39 is 0 Å². The fourth-order valence-electron chi connectivity index (χ4n) is 2.90. The Hall–Kier alpha value is -0.610. The highest BCUT2D eigenvalue weighted by Gasteiger charge is 2.22. The van der Waals surface area contributed by atoms with Crippen LogP contribution in [0.3, 0.4) is 0 Å². The average molecular weight is 296 g/mol. The molecule has 1 aliphatic rings. The predicted octanol–water partition coefficient (Wildman–Crippen LogP) is 2.46. The molecular weight excluding hydrogens is 270 g/mol. The molecule has 1 fully saturated rings. The summed E-state index contributed by atoms with van der Waals surface area (Å²) in [6, 6.07) is 8.90. The van der Waals surface area contributed by atoms with Crippen molar-refractivity contribution in [2.24, 2.45) is 0 Å². The van der Waals surface area contributed by atoms with Crippen molar-refractivity contribution in [1.29, 1.82) is 0 Å². The standard InChI is InChI=1S/C16H26ClN3/c1-3-16(12-18-2)20-10-8-19(9-11-20)13-14-4-6-15(17)7-5-14/h4-7,16,18H,3,8-13H2,1-2H3. The normalized spacial score (nSPS) is 19.1. The molecule has 0 bridgehead atoms. The van der Waals surface area contributed by atoms with Gasteiger partial charge in [0.1, 0.15) is 0 Å². The van der Waals surface area contributed by atoms with Gasteiger partial charge in [-0.1, -0.05) is 30.7 Å². The number of nitrogens with one attached hydrogen (secondary N) is 1. The zero-order chi connectivity index (χ0) is 14.4. The molecule has 1 saturated heterocycles. The average Bonchev–Trinajstić information content (AvgIpc) is 2.48. The van der Waals surface area contributed by atoms with Gasteiger partial charge in [0.05, 0.1) is 0 Å².